The third-order valence-corrected chi connectivity index (χ3v) is 6.86. The molecule has 10 heteroatoms. The summed E-state index contributed by atoms with van der Waals surface area (Å²) in [6.07, 6.45) is 6.88. The molecule has 0 unspecified atom stereocenters. The molecule has 3 heterocycles. The van der Waals surface area contributed by atoms with Gasteiger partial charge in [-0.1, -0.05) is 17.4 Å². The van der Waals surface area contributed by atoms with Crippen LogP contribution in [0.25, 0.3) is 54.4 Å². The van der Waals surface area contributed by atoms with Gasteiger partial charge in [0, 0.05) is 41.5 Å². The zero-order chi connectivity index (χ0) is 25.5. The van der Waals surface area contributed by atoms with E-state index in [0.717, 1.165) is 54.4 Å². The average molecular weight is 509 g/mol. The van der Waals surface area contributed by atoms with E-state index in [4.69, 9.17) is 15.2 Å². The van der Waals surface area contributed by atoms with Crippen LogP contribution >= 0.6 is 11.3 Å². The molecule has 6 aromatic rings. The van der Waals surface area contributed by atoms with E-state index in [1.807, 2.05) is 30.3 Å². The van der Waals surface area contributed by atoms with Crippen molar-refractivity contribution in [2.75, 3.05) is 20.0 Å². The maximum absolute atomic E-state index is 10.3. The average Bonchev–Trinajstić information content (AvgIpc) is 3.32. The highest BCUT2D eigenvalue weighted by atomic mass is 32.1. The zero-order valence-corrected chi connectivity index (χ0v) is 20.7. The van der Waals surface area contributed by atoms with Gasteiger partial charge in [-0.15, -0.1) is 0 Å². The summed E-state index contributed by atoms with van der Waals surface area (Å²) in [7, 11) is 3.06. The Labute approximate surface area is 215 Å². The summed E-state index contributed by atoms with van der Waals surface area (Å²) in [5.74, 6) is 0.169. The van der Waals surface area contributed by atoms with Crippen LogP contribution in [0.1, 0.15) is 0 Å². The van der Waals surface area contributed by atoms with E-state index in [1.54, 1.807) is 36.9 Å². The largest absolute Gasteiger partial charge is 0.508 e. The van der Waals surface area contributed by atoms with Crippen molar-refractivity contribution < 1.29 is 14.6 Å². The highest BCUT2D eigenvalue weighted by Crippen LogP contribution is 2.42. The van der Waals surface area contributed by atoms with Crippen LogP contribution in [-0.4, -0.2) is 44.2 Å². The smallest absolute Gasteiger partial charge is 0.316 e. The molecule has 0 aliphatic carbocycles. The van der Waals surface area contributed by atoms with Gasteiger partial charge in [0.1, 0.15) is 5.75 Å². The molecule has 0 aliphatic heterocycles. The van der Waals surface area contributed by atoms with Crippen molar-refractivity contribution in [3.8, 4) is 51.2 Å². The highest BCUT2D eigenvalue weighted by molar-refractivity contribution is 7.22. The number of thiazole rings is 1. The van der Waals surface area contributed by atoms with Crippen LogP contribution in [0.2, 0.25) is 0 Å². The maximum Gasteiger partial charge on any atom is 0.316 e. The van der Waals surface area contributed by atoms with Gasteiger partial charge in [0.05, 0.1) is 24.4 Å². The molecule has 0 saturated heterocycles. The second-order valence-corrected chi connectivity index (χ2v) is 9.33. The van der Waals surface area contributed by atoms with Crippen molar-refractivity contribution >= 4 is 37.5 Å². The van der Waals surface area contributed by atoms with Crippen molar-refractivity contribution in [1.29, 1.82) is 0 Å². The van der Waals surface area contributed by atoms with E-state index in [2.05, 4.69) is 24.9 Å². The number of rotatable bonds is 5. The molecule has 182 valence electrons. The number of hydrogen-bond donors (Lipinski definition) is 2. The van der Waals surface area contributed by atoms with Crippen molar-refractivity contribution in [3.05, 3.63) is 67.3 Å². The van der Waals surface area contributed by atoms with Crippen LogP contribution in [0, 0.1) is 0 Å². The first kappa shape index (κ1) is 22.6. The van der Waals surface area contributed by atoms with Crippen molar-refractivity contribution in [1.82, 2.24) is 24.9 Å². The first-order chi connectivity index (χ1) is 18.0. The molecule has 0 radical (unpaired) electrons. The Morgan fingerprint density at radius 1 is 0.730 bits per heavy atom. The fourth-order valence-electron chi connectivity index (χ4n) is 4.30. The molecule has 3 aromatic carbocycles. The Bertz CT molecular complexity index is 1770. The number of anilines is 1. The van der Waals surface area contributed by atoms with Gasteiger partial charge in [-0.05, 0) is 63.9 Å². The van der Waals surface area contributed by atoms with Crippen molar-refractivity contribution in [2.24, 2.45) is 0 Å². The number of nitrogen functional groups attached to an aromatic ring is 1. The number of ether oxygens (including phenoxy) is 2. The molecule has 6 rings (SSSR count). The van der Waals surface area contributed by atoms with Crippen LogP contribution < -0.4 is 15.2 Å². The molecule has 9 nitrogen and oxygen atoms in total. The Morgan fingerprint density at radius 3 is 1.95 bits per heavy atom. The molecule has 0 fully saturated rings. The van der Waals surface area contributed by atoms with E-state index < -0.39 is 0 Å². The van der Waals surface area contributed by atoms with E-state index >= 15 is 0 Å². The van der Waals surface area contributed by atoms with E-state index in [0.29, 0.717) is 17.2 Å². The quantitative estimate of drug-likeness (QED) is 0.317. The summed E-state index contributed by atoms with van der Waals surface area (Å²) < 4.78 is 11.2. The standard InChI is InChI=1S/C27H20N6O3S/c1-35-26-29-10-17(11-30-26)15-5-14-3-4-19(34)9-20(14)21(6-15)22-7-16(8-23-24(22)33-25(28)37-23)18-12-31-27(36-2)32-13-18/h3-13,34H,1-2H3,(H2,28,33). The second-order valence-electron chi connectivity index (χ2n) is 8.27. The molecule has 3 N–H and O–H groups in total. The zero-order valence-electron chi connectivity index (χ0n) is 19.8. The number of benzene rings is 3. The number of nitrogens with two attached hydrogens (primary N) is 1. The third kappa shape index (κ3) is 4.13. The van der Waals surface area contributed by atoms with Crippen molar-refractivity contribution in [2.45, 2.75) is 0 Å². The molecule has 0 aliphatic rings. The SMILES string of the molecule is COc1ncc(-c2cc(-c3cc(-c4cnc(OC)nc4)cc4sc(N)nc34)c3cc(O)ccc3c2)cn1. The molecule has 0 amide bonds. The molecular formula is C27H20N6O3S. The lowest BCUT2D eigenvalue weighted by Gasteiger charge is -2.14. The van der Waals surface area contributed by atoms with E-state index in [-0.39, 0.29) is 5.75 Å². The van der Waals surface area contributed by atoms with Gasteiger partial charge in [0.2, 0.25) is 0 Å². The van der Waals surface area contributed by atoms with Crippen LogP contribution in [0.4, 0.5) is 5.13 Å². The molecule has 0 bridgehead atoms. The lowest BCUT2D eigenvalue weighted by molar-refractivity contribution is 0.379. The number of aromatic nitrogens is 5. The predicted octanol–water partition coefficient (Wildman–Crippen LogP) is 5.34. The van der Waals surface area contributed by atoms with Crippen molar-refractivity contribution in [3.63, 3.8) is 0 Å². The van der Waals surface area contributed by atoms with Crippen LogP contribution in [0.3, 0.4) is 0 Å². The summed E-state index contributed by atoms with van der Waals surface area (Å²) >= 11 is 1.41. The normalized spacial score (nSPS) is 11.2. The summed E-state index contributed by atoms with van der Waals surface area (Å²) in [5, 5.41) is 12.6. The van der Waals surface area contributed by atoms with E-state index in [9.17, 15) is 5.11 Å². The fourth-order valence-corrected chi connectivity index (χ4v) is 5.10. The molecule has 3 aromatic heterocycles. The molecule has 0 atom stereocenters. The van der Waals surface area contributed by atoms with Gasteiger partial charge < -0.3 is 20.3 Å². The number of fused-ring (bicyclic) bond motifs is 2. The first-order valence-corrected chi connectivity index (χ1v) is 12.0. The van der Waals surface area contributed by atoms with Gasteiger partial charge in [-0.3, -0.25) is 0 Å². The Kier molecular flexibility index (Phi) is 5.50. The lowest BCUT2D eigenvalue weighted by atomic mass is 9.91. The van der Waals surface area contributed by atoms with E-state index in [1.165, 1.54) is 25.6 Å². The number of nitrogens with zero attached hydrogens (tertiary/aromatic N) is 5. The molecular weight excluding hydrogens is 488 g/mol. The lowest BCUT2D eigenvalue weighted by Crippen LogP contribution is -1.93. The van der Waals surface area contributed by atoms with Gasteiger partial charge in [-0.25, -0.2) is 24.9 Å². The number of phenolic OH excluding ortho intramolecular Hbond substituents is 1. The monoisotopic (exact) mass is 508 g/mol. The van der Waals surface area contributed by atoms with Gasteiger partial charge in [-0.2, -0.15) is 0 Å². The number of aromatic hydroxyl groups is 1. The Morgan fingerprint density at radius 2 is 1.32 bits per heavy atom. The van der Waals surface area contributed by atoms with Crippen LogP contribution in [0.15, 0.2) is 67.3 Å². The minimum absolute atomic E-state index is 0.169. The Balaban J connectivity index is 1.63. The number of methoxy groups -OCH3 is 2. The highest BCUT2D eigenvalue weighted by Gasteiger charge is 2.17. The minimum atomic E-state index is 0.169. The first-order valence-electron chi connectivity index (χ1n) is 11.2. The summed E-state index contributed by atoms with van der Waals surface area (Å²) in [4.78, 5) is 21.7. The van der Waals surface area contributed by atoms with Crippen LogP contribution in [-0.2, 0) is 0 Å². The molecule has 37 heavy (non-hydrogen) atoms. The van der Waals surface area contributed by atoms with Gasteiger partial charge in [0.15, 0.2) is 5.13 Å². The minimum Gasteiger partial charge on any atom is -0.508 e. The van der Waals surface area contributed by atoms with Gasteiger partial charge in [0.25, 0.3) is 0 Å². The number of hydrogen-bond acceptors (Lipinski definition) is 10. The summed E-state index contributed by atoms with van der Waals surface area (Å²) in [6.45, 7) is 0. The summed E-state index contributed by atoms with van der Waals surface area (Å²) in [6, 6.07) is 14.1. The third-order valence-electron chi connectivity index (χ3n) is 6.03. The topological polar surface area (TPSA) is 129 Å². The Hall–Kier alpha value is -4.83. The summed E-state index contributed by atoms with van der Waals surface area (Å²) in [5.41, 5.74) is 12.1. The molecule has 0 saturated carbocycles. The molecule has 0 spiro atoms. The van der Waals surface area contributed by atoms with Crippen LogP contribution in [0.5, 0.6) is 17.8 Å². The second kappa shape index (κ2) is 8.99. The predicted molar refractivity (Wildman–Crippen MR) is 144 cm³/mol. The van der Waals surface area contributed by atoms with Gasteiger partial charge >= 0.3 is 12.0 Å². The fraction of sp³-hybridized carbons (Fsp3) is 0.0741. The number of phenols is 1. The maximum atomic E-state index is 10.3.